The van der Waals surface area contributed by atoms with Crippen molar-refractivity contribution < 1.29 is 28.2 Å². The molecule has 1 aliphatic rings. The summed E-state index contributed by atoms with van der Waals surface area (Å²) in [6, 6.07) is 21.5. The Morgan fingerprint density at radius 2 is 1.74 bits per heavy atom. The lowest BCUT2D eigenvalue weighted by atomic mass is 10.1. The Morgan fingerprint density at radius 3 is 2.47 bits per heavy atom. The Hall–Kier alpha value is -4.78. The van der Waals surface area contributed by atoms with Gasteiger partial charge >= 0.3 is 0 Å². The van der Waals surface area contributed by atoms with Crippen molar-refractivity contribution in [1.82, 2.24) is 19.2 Å². The van der Waals surface area contributed by atoms with Crippen LogP contribution in [-0.2, 0) is 16.2 Å². The molecule has 5 aromatic rings. The van der Waals surface area contributed by atoms with E-state index in [9.17, 15) is 9.59 Å². The average molecular weight is 656 g/mol. The third-order valence-electron chi connectivity index (χ3n) is 8.07. The molecule has 0 radical (unpaired) electrons. The fraction of sp³-hybridized carbons (Fsp3) is 0.286. The van der Waals surface area contributed by atoms with E-state index >= 15 is 4.39 Å². The highest BCUT2D eigenvalue weighted by Gasteiger charge is 2.25. The highest BCUT2D eigenvalue weighted by Crippen LogP contribution is 2.29. The molecule has 3 heterocycles. The second-order valence-corrected chi connectivity index (χ2v) is 18.3. The fourth-order valence-electron chi connectivity index (χ4n) is 5.42. The molecule has 0 bridgehead atoms. The number of hydrogen-bond acceptors (Lipinski definition) is 7. The highest BCUT2D eigenvalue weighted by atomic mass is 28.3. The molecule has 3 aromatic carbocycles. The summed E-state index contributed by atoms with van der Waals surface area (Å²) in [6.07, 6.45) is 1.34. The van der Waals surface area contributed by atoms with E-state index in [0.717, 1.165) is 11.6 Å². The maximum atomic E-state index is 15.3. The van der Waals surface area contributed by atoms with E-state index in [0.29, 0.717) is 61.1 Å². The molecule has 0 aliphatic carbocycles. The number of para-hydroxylation sites is 1. The maximum absolute atomic E-state index is 15.3. The molecule has 6 rings (SSSR count). The van der Waals surface area contributed by atoms with Gasteiger partial charge in [-0.15, -0.1) is 0 Å². The molecular formula is C35H38FN5O5Si. The zero-order valence-electron chi connectivity index (χ0n) is 26.7. The molecule has 0 atom stereocenters. The maximum Gasteiger partial charge on any atom is 0.254 e. The molecule has 0 spiro atoms. The molecule has 0 unspecified atom stereocenters. The number of fused-ring (bicyclic) bond motifs is 1. The molecule has 244 valence electrons. The standard InChI is InChI=1S/C35H38FN5O5Si/c1-47(2,3)18-17-45-23-40-30-11-9-24(35(43)39-13-15-44-16-14-39)19-25(30)20-32(40)33(42)28-22-38-41(34(28)37)31-12-10-27(21-29(31)36)46-26-7-5-4-6-8-26/h4-12,19-22H,13-18,23,37H2,1-3H3. The predicted molar refractivity (Wildman–Crippen MR) is 181 cm³/mol. The number of carbonyl (C=O) groups excluding carboxylic acids is 2. The van der Waals surface area contributed by atoms with E-state index < -0.39 is 19.7 Å². The number of rotatable bonds is 11. The van der Waals surface area contributed by atoms with Crippen LogP contribution in [0.4, 0.5) is 10.2 Å². The van der Waals surface area contributed by atoms with Gasteiger partial charge in [0, 0.05) is 44.8 Å². The quantitative estimate of drug-likeness (QED) is 0.100. The third kappa shape index (κ3) is 7.14. The van der Waals surface area contributed by atoms with Crippen molar-refractivity contribution in [2.24, 2.45) is 0 Å². The molecule has 0 saturated carbocycles. The van der Waals surface area contributed by atoms with Crippen molar-refractivity contribution in [2.45, 2.75) is 32.4 Å². The first-order chi connectivity index (χ1) is 22.6. The number of nitrogens with two attached hydrogens (primary N) is 1. The minimum Gasteiger partial charge on any atom is -0.457 e. The van der Waals surface area contributed by atoms with Crippen LogP contribution < -0.4 is 10.5 Å². The van der Waals surface area contributed by atoms with Crippen molar-refractivity contribution >= 4 is 36.5 Å². The lowest BCUT2D eigenvalue weighted by Gasteiger charge is -2.26. The van der Waals surface area contributed by atoms with Gasteiger partial charge in [0.2, 0.25) is 5.78 Å². The lowest BCUT2D eigenvalue weighted by Crippen LogP contribution is -2.40. The van der Waals surface area contributed by atoms with Crippen molar-refractivity contribution in [3.05, 3.63) is 102 Å². The predicted octanol–water partition coefficient (Wildman–Crippen LogP) is 6.36. The van der Waals surface area contributed by atoms with Gasteiger partial charge in [-0.1, -0.05) is 37.8 Å². The summed E-state index contributed by atoms with van der Waals surface area (Å²) < 4.78 is 35.5. The van der Waals surface area contributed by atoms with Crippen LogP contribution >= 0.6 is 0 Å². The Labute approximate surface area is 273 Å². The molecule has 2 aromatic heterocycles. The summed E-state index contributed by atoms with van der Waals surface area (Å²) in [5, 5.41) is 4.99. The largest absolute Gasteiger partial charge is 0.457 e. The van der Waals surface area contributed by atoms with Gasteiger partial charge in [0.05, 0.1) is 36.2 Å². The number of hydrogen-bond donors (Lipinski definition) is 1. The first kappa shape index (κ1) is 32.2. The fourth-order valence-corrected chi connectivity index (χ4v) is 6.18. The van der Waals surface area contributed by atoms with E-state index in [1.54, 1.807) is 45.9 Å². The van der Waals surface area contributed by atoms with Crippen molar-refractivity contribution in [1.29, 1.82) is 0 Å². The van der Waals surface area contributed by atoms with Crippen LogP contribution in [0.3, 0.4) is 0 Å². The molecule has 1 amide bonds. The number of aromatic nitrogens is 3. The summed E-state index contributed by atoms with van der Waals surface area (Å²) in [5.74, 6) is -0.229. The van der Waals surface area contributed by atoms with Crippen molar-refractivity contribution in [3.63, 3.8) is 0 Å². The summed E-state index contributed by atoms with van der Waals surface area (Å²) in [5.41, 5.74) is 8.23. The van der Waals surface area contributed by atoms with Crippen LogP contribution in [0.25, 0.3) is 16.6 Å². The van der Waals surface area contributed by atoms with E-state index in [4.69, 9.17) is 19.9 Å². The average Bonchev–Trinajstić information content (AvgIpc) is 3.62. The van der Waals surface area contributed by atoms with Gasteiger partial charge in [-0.2, -0.15) is 5.10 Å². The topological polar surface area (TPSA) is 114 Å². The van der Waals surface area contributed by atoms with Gasteiger partial charge in [0.15, 0.2) is 5.82 Å². The number of nitrogens with zero attached hydrogens (tertiary/aromatic N) is 4. The molecule has 2 N–H and O–H groups in total. The minimum absolute atomic E-state index is 0.00901. The highest BCUT2D eigenvalue weighted by molar-refractivity contribution is 6.76. The van der Waals surface area contributed by atoms with Gasteiger partial charge in [0.1, 0.15) is 29.7 Å². The molecule has 1 aliphatic heterocycles. The van der Waals surface area contributed by atoms with Crippen LogP contribution in [0.1, 0.15) is 26.4 Å². The SMILES string of the molecule is C[Si](C)(C)CCOCn1c(C(=O)c2cnn(-c3ccc(Oc4ccccc4)cc3F)c2N)cc2cc(C(=O)N3CCOCC3)ccc21. The molecular weight excluding hydrogens is 617 g/mol. The summed E-state index contributed by atoms with van der Waals surface area (Å²) in [7, 11) is -1.34. The normalized spacial score (nSPS) is 13.7. The van der Waals surface area contributed by atoms with Gasteiger partial charge in [-0.05, 0) is 54.6 Å². The number of carbonyl (C=O) groups is 2. The number of nitrogen functional groups attached to an aromatic ring is 1. The molecule has 1 fully saturated rings. The van der Waals surface area contributed by atoms with Crippen LogP contribution in [0.5, 0.6) is 11.5 Å². The van der Waals surface area contributed by atoms with Gasteiger partial charge < -0.3 is 29.4 Å². The van der Waals surface area contributed by atoms with Crippen molar-refractivity contribution in [2.75, 3.05) is 38.6 Å². The first-order valence-electron chi connectivity index (χ1n) is 15.6. The zero-order valence-corrected chi connectivity index (χ0v) is 27.7. The Balaban J connectivity index is 1.30. The molecule has 1 saturated heterocycles. The smallest absolute Gasteiger partial charge is 0.254 e. The first-order valence-corrected chi connectivity index (χ1v) is 19.3. The molecule has 47 heavy (non-hydrogen) atoms. The lowest BCUT2D eigenvalue weighted by molar-refractivity contribution is 0.0303. The molecule has 12 heteroatoms. The second-order valence-electron chi connectivity index (χ2n) is 12.7. The van der Waals surface area contributed by atoms with Crippen LogP contribution in [0.15, 0.2) is 79.0 Å². The van der Waals surface area contributed by atoms with Crippen LogP contribution in [-0.4, -0.2) is 71.9 Å². The van der Waals surface area contributed by atoms with E-state index in [-0.39, 0.29) is 29.7 Å². The van der Waals surface area contributed by atoms with Gasteiger partial charge in [0.25, 0.3) is 5.91 Å². The number of ketones is 1. The number of halogens is 1. The van der Waals surface area contributed by atoms with E-state index in [2.05, 4.69) is 24.7 Å². The summed E-state index contributed by atoms with van der Waals surface area (Å²) >= 11 is 0. The van der Waals surface area contributed by atoms with Crippen LogP contribution in [0, 0.1) is 5.82 Å². The monoisotopic (exact) mass is 655 g/mol. The Morgan fingerprint density at radius 1 is 0.979 bits per heavy atom. The Kier molecular flexibility index (Phi) is 9.25. The van der Waals surface area contributed by atoms with Crippen molar-refractivity contribution in [3.8, 4) is 17.2 Å². The van der Waals surface area contributed by atoms with E-state index in [1.807, 2.05) is 24.3 Å². The summed E-state index contributed by atoms with van der Waals surface area (Å²) in [4.78, 5) is 29.1. The van der Waals surface area contributed by atoms with E-state index in [1.165, 1.54) is 23.0 Å². The number of benzene rings is 3. The van der Waals surface area contributed by atoms with Gasteiger partial charge in [-0.25, -0.2) is 9.07 Å². The second kappa shape index (κ2) is 13.5. The number of amides is 1. The number of anilines is 1. The molecule has 10 nitrogen and oxygen atoms in total. The number of morpholine rings is 1. The zero-order chi connectivity index (χ0) is 33.1. The number of ether oxygens (including phenoxy) is 3. The van der Waals surface area contributed by atoms with Crippen LogP contribution in [0.2, 0.25) is 25.7 Å². The van der Waals surface area contributed by atoms with Gasteiger partial charge in [-0.3, -0.25) is 9.59 Å². The minimum atomic E-state index is -1.34. The summed E-state index contributed by atoms with van der Waals surface area (Å²) in [6.45, 7) is 9.57. The third-order valence-corrected chi connectivity index (χ3v) is 9.78. The Bertz CT molecular complexity index is 1910.